The van der Waals surface area contributed by atoms with Gasteiger partial charge in [0, 0.05) is 27.7 Å². The van der Waals surface area contributed by atoms with Crippen molar-refractivity contribution in [3.05, 3.63) is 0 Å². The molecule has 24 heavy (non-hydrogen) atoms. The number of aliphatic imine (C=N–C) groups is 1. The number of carbonyl (C=O) groups excluding carboxylic acids is 2. The molecule has 1 saturated carbocycles. The highest BCUT2D eigenvalue weighted by atomic mass is 16.6. The number of amides is 1. The highest BCUT2D eigenvalue weighted by Gasteiger charge is 2.42. The van der Waals surface area contributed by atoms with Gasteiger partial charge in [-0.1, -0.05) is 12.8 Å². The molecule has 0 aromatic carbocycles. The number of ether oxygens (including phenoxy) is 1. The summed E-state index contributed by atoms with van der Waals surface area (Å²) in [6, 6.07) is 0. The molecule has 0 saturated heterocycles. The third-order valence-electron chi connectivity index (χ3n) is 4.06. The molecule has 7 heteroatoms. The van der Waals surface area contributed by atoms with Crippen molar-refractivity contribution in [3.63, 3.8) is 0 Å². The Morgan fingerprint density at radius 2 is 1.75 bits per heavy atom. The number of guanidine groups is 1. The maximum atomic E-state index is 12.5. The van der Waals surface area contributed by atoms with E-state index in [2.05, 4.69) is 15.6 Å². The Morgan fingerprint density at radius 3 is 2.21 bits per heavy atom. The van der Waals surface area contributed by atoms with Crippen LogP contribution in [0.25, 0.3) is 0 Å². The number of hydrogen-bond donors (Lipinski definition) is 2. The minimum atomic E-state index is -0.512. The van der Waals surface area contributed by atoms with Crippen LogP contribution in [-0.4, -0.2) is 62.6 Å². The summed E-state index contributed by atoms with van der Waals surface area (Å²) in [7, 11) is 5.22. The Balaban J connectivity index is 2.56. The van der Waals surface area contributed by atoms with Gasteiger partial charge in [-0.3, -0.25) is 14.6 Å². The first-order valence-corrected chi connectivity index (χ1v) is 8.48. The molecule has 1 fully saturated rings. The van der Waals surface area contributed by atoms with Crippen LogP contribution in [0, 0.1) is 5.41 Å². The molecule has 7 nitrogen and oxygen atoms in total. The smallest absolute Gasteiger partial charge is 0.325 e. The lowest BCUT2D eigenvalue weighted by atomic mass is 9.84. The standard InChI is InChI=1S/C17H32N4O3/c1-16(2,3)24-13(22)11-19-15(18-4)20-12-17(9-7-8-10-17)14(23)21(5)6/h7-12H2,1-6H3,(H2,18,19,20). The first-order chi connectivity index (χ1) is 11.1. The molecule has 0 radical (unpaired) electrons. The number of hydrogen-bond acceptors (Lipinski definition) is 4. The van der Waals surface area contributed by atoms with E-state index in [1.54, 1.807) is 26.0 Å². The van der Waals surface area contributed by atoms with Crippen LogP contribution >= 0.6 is 0 Å². The summed E-state index contributed by atoms with van der Waals surface area (Å²) in [5, 5.41) is 6.13. The summed E-state index contributed by atoms with van der Waals surface area (Å²) < 4.78 is 5.26. The molecule has 0 atom stereocenters. The van der Waals surface area contributed by atoms with Gasteiger partial charge in [0.15, 0.2) is 5.96 Å². The summed E-state index contributed by atoms with van der Waals surface area (Å²) in [5.74, 6) is 0.305. The van der Waals surface area contributed by atoms with E-state index in [-0.39, 0.29) is 23.8 Å². The minimum Gasteiger partial charge on any atom is -0.459 e. The Morgan fingerprint density at radius 1 is 1.17 bits per heavy atom. The van der Waals surface area contributed by atoms with E-state index in [1.807, 2.05) is 20.8 Å². The summed E-state index contributed by atoms with van der Waals surface area (Å²) in [5.41, 5.74) is -0.894. The second-order valence-electron chi connectivity index (χ2n) is 7.55. The lowest BCUT2D eigenvalue weighted by molar-refractivity contribution is -0.153. The molecule has 2 N–H and O–H groups in total. The second kappa shape index (κ2) is 8.35. The van der Waals surface area contributed by atoms with Crippen molar-refractivity contribution < 1.29 is 14.3 Å². The van der Waals surface area contributed by atoms with Crippen molar-refractivity contribution in [2.75, 3.05) is 34.2 Å². The first-order valence-electron chi connectivity index (χ1n) is 8.48. The molecule has 0 aromatic heterocycles. The summed E-state index contributed by atoms with van der Waals surface area (Å²) in [4.78, 5) is 30.1. The van der Waals surface area contributed by atoms with Crippen LogP contribution in [0.5, 0.6) is 0 Å². The molecule has 1 rings (SSSR count). The van der Waals surface area contributed by atoms with E-state index < -0.39 is 5.60 Å². The van der Waals surface area contributed by atoms with Gasteiger partial charge in [0.1, 0.15) is 12.1 Å². The largest absolute Gasteiger partial charge is 0.459 e. The Bertz CT molecular complexity index is 475. The van der Waals surface area contributed by atoms with Crippen LogP contribution < -0.4 is 10.6 Å². The zero-order valence-corrected chi connectivity index (χ0v) is 15.9. The van der Waals surface area contributed by atoms with Gasteiger partial charge >= 0.3 is 5.97 Å². The van der Waals surface area contributed by atoms with Crippen molar-refractivity contribution in [3.8, 4) is 0 Å². The molecule has 0 bridgehead atoms. The van der Waals surface area contributed by atoms with Crippen LogP contribution in [0.2, 0.25) is 0 Å². The first kappa shape index (κ1) is 20.3. The molecule has 0 aliphatic heterocycles. The van der Waals surface area contributed by atoms with Crippen LogP contribution in [0.3, 0.4) is 0 Å². The lowest BCUT2D eigenvalue weighted by Crippen LogP contribution is -2.50. The summed E-state index contributed by atoms with van der Waals surface area (Å²) in [6.45, 7) is 6.03. The Hall–Kier alpha value is -1.79. The van der Waals surface area contributed by atoms with Crippen molar-refractivity contribution in [1.29, 1.82) is 0 Å². The number of nitrogens with one attached hydrogen (secondary N) is 2. The molecular weight excluding hydrogens is 308 g/mol. The number of nitrogens with zero attached hydrogens (tertiary/aromatic N) is 2. The fourth-order valence-corrected chi connectivity index (χ4v) is 3.00. The zero-order valence-electron chi connectivity index (χ0n) is 15.9. The number of esters is 1. The number of rotatable bonds is 5. The van der Waals surface area contributed by atoms with Gasteiger partial charge in [0.05, 0.1) is 5.41 Å². The van der Waals surface area contributed by atoms with Crippen LogP contribution in [0.4, 0.5) is 0 Å². The zero-order chi connectivity index (χ0) is 18.4. The molecule has 0 aromatic rings. The summed E-state index contributed by atoms with van der Waals surface area (Å²) in [6.07, 6.45) is 3.87. The molecule has 1 aliphatic carbocycles. The van der Waals surface area contributed by atoms with Crippen LogP contribution in [0.15, 0.2) is 4.99 Å². The highest BCUT2D eigenvalue weighted by molar-refractivity contribution is 5.86. The van der Waals surface area contributed by atoms with E-state index in [4.69, 9.17) is 4.74 Å². The molecule has 138 valence electrons. The van der Waals surface area contributed by atoms with Crippen LogP contribution in [-0.2, 0) is 14.3 Å². The summed E-state index contributed by atoms with van der Waals surface area (Å²) >= 11 is 0. The normalized spacial score (nSPS) is 17.3. The second-order valence-corrected chi connectivity index (χ2v) is 7.55. The van der Waals surface area contributed by atoms with Gasteiger partial charge in [-0.2, -0.15) is 0 Å². The maximum Gasteiger partial charge on any atom is 0.325 e. The third kappa shape index (κ3) is 6.02. The van der Waals surface area contributed by atoms with E-state index >= 15 is 0 Å². The quantitative estimate of drug-likeness (QED) is 0.445. The molecule has 1 aliphatic rings. The molecule has 1 amide bonds. The maximum absolute atomic E-state index is 12.5. The Kier molecular flexibility index (Phi) is 7.05. The fraction of sp³-hybridized carbons (Fsp3) is 0.824. The predicted molar refractivity (Wildman–Crippen MR) is 94.8 cm³/mol. The van der Waals surface area contributed by atoms with Gasteiger partial charge < -0.3 is 20.3 Å². The Labute approximate surface area is 145 Å². The van der Waals surface area contributed by atoms with Gasteiger partial charge in [-0.25, -0.2) is 0 Å². The molecular formula is C17H32N4O3. The van der Waals surface area contributed by atoms with Gasteiger partial charge in [-0.15, -0.1) is 0 Å². The molecule has 0 heterocycles. The predicted octanol–water partition coefficient (Wildman–Crippen LogP) is 1.14. The lowest BCUT2D eigenvalue weighted by Gasteiger charge is -2.31. The van der Waals surface area contributed by atoms with Crippen LogP contribution in [0.1, 0.15) is 46.5 Å². The number of carbonyl (C=O) groups is 2. The molecule has 0 unspecified atom stereocenters. The van der Waals surface area contributed by atoms with Crippen molar-refractivity contribution in [2.24, 2.45) is 10.4 Å². The van der Waals surface area contributed by atoms with E-state index in [0.29, 0.717) is 12.5 Å². The van der Waals surface area contributed by atoms with E-state index in [0.717, 1.165) is 25.7 Å². The molecule has 0 spiro atoms. The fourth-order valence-electron chi connectivity index (χ4n) is 3.00. The minimum absolute atomic E-state index is 0.0333. The SMILES string of the molecule is CN=C(NCC(=O)OC(C)(C)C)NCC1(C(=O)N(C)C)CCCC1. The van der Waals surface area contributed by atoms with Crippen molar-refractivity contribution >= 4 is 17.8 Å². The van der Waals surface area contributed by atoms with Gasteiger partial charge in [0.2, 0.25) is 5.91 Å². The monoisotopic (exact) mass is 340 g/mol. The van der Waals surface area contributed by atoms with E-state index in [1.165, 1.54) is 0 Å². The average molecular weight is 340 g/mol. The average Bonchev–Trinajstić information content (AvgIpc) is 2.94. The third-order valence-corrected chi connectivity index (χ3v) is 4.06. The van der Waals surface area contributed by atoms with Crippen molar-refractivity contribution in [2.45, 2.75) is 52.1 Å². The van der Waals surface area contributed by atoms with E-state index in [9.17, 15) is 9.59 Å². The topological polar surface area (TPSA) is 83.0 Å². The van der Waals surface area contributed by atoms with Gasteiger partial charge in [0.25, 0.3) is 0 Å². The highest BCUT2D eigenvalue weighted by Crippen LogP contribution is 2.38. The van der Waals surface area contributed by atoms with Gasteiger partial charge in [-0.05, 0) is 33.6 Å². The van der Waals surface area contributed by atoms with Crippen molar-refractivity contribution in [1.82, 2.24) is 15.5 Å².